The molecule has 0 heterocycles. The molecule has 0 aliphatic rings. The van der Waals surface area contributed by atoms with Gasteiger partial charge in [-0.1, -0.05) is 29.3 Å². The fourth-order valence-electron chi connectivity index (χ4n) is 3.67. The summed E-state index contributed by atoms with van der Waals surface area (Å²) in [5, 5.41) is 13.5. The van der Waals surface area contributed by atoms with E-state index in [1.807, 2.05) is 38.1 Å². The SMILES string of the molecule is COc1ccc(CNC(=O)/C(C#N)=C/c2cc(C)c(OCc3ccc(Cl)cc3Cl)c(C)c2)c(OC)c1. The number of nitriles is 1. The van der Waals surface area contributed by atoms with Crippen LogP contribution in [0.15, 0.2) is 54.1 Å². The second-order valence-corrected chi connectivity index (χ2v) is 8.88. The molecule has 0 fully saturated rings. The summed E-state index contributed by atoms with van der Waals surface area (Å²) < 4.78 is 16.6. The Morgan fingerprint density at radius 1 is 1.00 bits per heavy atom. The first-order valence-corrected chi connectivity index (χ1v) is 11.8. The number of hydrogen-bond acceptors (Lipinski definition) is 5. The smallest absolute Gasteiger partial charge is 0.262 e. The standard InChI is InChI=1S/C28H26Cl2N2O4/c1-17-9-19(10-18(2)27(17)36-16-21-5-7-23(29)12-25(21)30)11-22(14-31)28(33)32-15-20-6-8-24(34-3)13-26(20)35-4/h5-13H,15-16H2,1-4H3,(H,32,33)/b22-11+. The molecule has 3 aromatic rings. The summed E-state index contributed by atoms with van der Waals surface area (Å²) in [4.78, 5) is 12.7. The van der Waals surface area contributed by atoms with Crippen molar-refractivity contribution in [1.29, 1.82) is 5.26 Å². The summed E-state index contributed by atoms with van der Waals surface area (Å²) in [6.07, 6.45) is 1.56. The van der Waals surface area contributed by atoms with Gasteiger partial charge in [0.15, 0.2) is 0 Å². The van der Waals surface area contributed by atoms with Crippen molar-refractivity contribution in [2.24, 2.45) is 0 Å². The number of nitrogens with zero attached hydrogens (tertiary/aromatic N) is 1. The van der Waals surface area contributed by atoms with Crippen LogP contribution in [0.3, 0.4) is 0 Å². The lowest BCUT2D eigenvalue weighted by Gasteiger charge is -2.14. The first-order chi connectivity index (χ1) is 17.2. The Labute approximate surface area is 221 Å². The maximum Gasteiger partial charge on any atom is 0.262 e. The predicted molar refractivity (Wildman–Crippen MR) is 142 cm³/mol. The Bertz CT molecular complexity index is 1320. The summed E-state index contributed by atoms with van der Waals surface area (Å²) in [5.74, 6) is 1.46. The number of rotatable bonds is 9. The predicted octanol–water partition coefficient (Wildman–Crippen LogP) is 6.43. The highest BCUT2D eigenvalue weighted by Crippen LogP contribution is 2.29. The van der Waals surface area contributed by atoms with Gasteiger partial charge < -0.3 is 19.5 Å². The van der Waals surface area contributed by atoms with E-state index in [2.05, 4.69) is 5.32 Å². The lowest BCUT2D eigenvalue weighted by molar-refractivity contribution is -0.117. The Kier molecular flexibility index (Phi) is 9.24. The quantitative estimate of drug-likeness (QED) is 0.257. The van der Waals surface area contributed by atoms with E-state index in [0.29, 0.717) is 27.3 Å². The maximum atomic E-state index is 12.7. The third-order valence-electron chi connectivity index (χ3n) is 5.48. The largest absolute Gasteiger partial charge is 0.497 e. The highest BCUT2D eigenvalue weighted by molar-refractivity contribution is 6.35. The van der Waals surface area contributed by atoms with E-state index in [1.165, 1.54) is 0 Å². The zero-order valence-corrected chi connectivity index (χ0v) is 22.0. The zero-order chi connectivity index (χ0) is 26.2. The van der Waals surface area contributed by atoms with Gasteiger partial charge in [0, 0.05) is 33.8 Å². The van der Waals surface area contributed by atoms with E-state index in [9.17, 15) is 10.1 Å². The molecule has 3 rings (SSSR count). The molecule has 0 unspecified atom stereocenters. The molecule has 0 saturated carbocycles. The fourth-order valence-corrected chi connectivity index (χ4v) is 4.13. The maximum absolute atomic E-state index is 12.7. The summed E-state index contributed by atoms with van der Waals surface area (Å²) >= 11 is 12.2. The fraction of sp³-hybridized carbons (Fsp3) is 0.214. The third kappa shape index (κ3) is 6.72. The van der Waals surface area contributed by atoms with Crippen molar-refractivity contribution in [1.82, 2.24) is 5.32 Å². The number of ether oxygens (including phenoxy) is 3. The van der Waals surface area contributed by atoms with E-state index in [0.717, 1.165) is 27.8 Å². The van der Waals surface area contributed by atoms with Gasteiger partial charge in [0.05, 0.1) is 14.2 Å². The average Bonchev–Trinajstić information content (AvgIpc) is 2.86. The minimum absolute atomic E-state index is 0.0112. The molecule has 6 nitrogen and oxygen atoms in total. The van der Waals surface area contributed by atoms with Crippen molar-refractivity contribution in [2.75, 3.05) is 14.2 Å². The van der Waals surface area contributed by atoms with Crippen molar-refractivity contribution in [3.63, 3.8) is 0 Å². The van der Waals surface area contributed by atoms with Crippen LogP contribution in [0.25, 0.3) is 6.08 Å². The molecule has 1 N–H and O–H groups in total. The first kappa shape index (κ1) is 26.9. The number of benzene rings is 3. The molecule has 0 bridgehead atoms. The van der Waals surface area contributed by atoms with E-state index < -0.39 is 5.91 Å². The number of carbonyl (C=O) groups excluding carboxylic acids is 1. The van der Waals surface area contributed by atoms with E-state index in [1.54, 1.807) is 50.6 Å². The van der Waals surface area contributed by atoms with Crippen LogP contribution in [0.1, 0.15) is 27.8 Å². The second kappa shape index (κ2) is 12.3. The molecule has 0 aliphatic heterocycles. The lowest BCUT2D eigenvalue weighted by atomic mass is 10.0. The monoisotopic (exact) mass is 524 g/mol. The Balaban J connectivity index is 1.73. The van der Waals surface area contributed by atoms with Gasteiger partial charge in [0.2, 0.25) is 0 Å². The van der Waals surface area contributed by atoms with Gasteiger partial charge in [-0.2, -0.15) is 5.26 Å². The number of carbonyl (C=O) groups is 1. The molecule has 0 atom stereocenters. The average molecular weight is 525 g/mol. The van der Waals surface area contributed by atoms with Gasteiger partial charge >= 0.3 is 0 Å². The normalized spacial score (nSPS) is 11.0. The van der Waals surface area contributed by atoms with Crippen LogP contribution in [0.4, 0.5) is 0 Å². The van der Waals surface area contributed by atoms with Crippen LogP contribution in [-0.4, -0.2) is 20.1 Å². The highest BCUT2D eigenvalue weighted by Gasteiger charge is 2.13. The topological polar surface area (TPSA) is 80.6 Å². The minimum atomic E-state index is -0.483. The number of aryl methyl sites for hydroxylation is 2. The molecule has 36 heavy (non-hydrogen) atoms. The Morgan fingerprint density at radius 2 is 1.69 bits per heavy atom. The van der Waals surface area contributed by atoms with Crippen molar-refractivity contribution in [3.8, 4) is 23.3 Å². The zero-order valence-electron chi connectivity index (χ0n) is 20.4. The number of methoxy groups -OCH3 is 2. The summed E-state index contributed by atoms with van der Waals surface area (Å²) in [7, 11) is 3.11. The van der Waals surface area contributed by atoms with Crippen LogP contribution >= 0.6 is 23.2 Å². The number of amides is 1. The molecule has 0 saturated heterocycles. The summed E-state index contributed by atoms with van der Waals surface area (Å²) in [6, 6.07) is 16.3. The molecule has 0 aliphatic carbocycles. The molecule has 0 aromatic heterocycles. The first-order valence-electron chi connectivity index (χ1n) is 11.0. The van der Waals surface area contributed by atoms with Gasteiger partial charge in [-0.15, -0.1) is 0 Å². The number of hydrogen-bond donors (Lipinski definition) is 1. The highest BCUT2D eigenvalue weighted by atomic mass is 35.5. The second-order valence-electron chi connectivity index (χ2n) is 8.04. The van der Waals surface area contributed by atoms with Gasteiger partial charge in [-0.25, -0.2) is 0 Å². The van der Waals surface area contributed by atoms with Gasteiger partial charge in [0.25, 0.3) is 5.91 Å². The van der Waals surface area contributed by atoms with Gasteiger partial charge in [-0.05, 0) is 73.0 Å². The van der Waals surface area contributed by atoms with Crippen LogP contribution in [-0.2, 0) is 17.9 Å². The molecule has 8 heteroatoms. The number of halogens is 2. The summed E-state index contributed by atoms with van der Waals surface area (Å²) in [5.41, 5.74) is 4.02. The van der Waals surface area contributed by atoms with E-state index in [-0.39, 0.29) is 18.7 Å². The van der Waals surface area contributed by atoms with Crippen LogP contribution in [0.2, 0.25) is 10.0 Å². The molecule has 1 amide bonds. The third-order valence-corrected chi connectivity index (χ3v) is 6.07. The van der Waals surface area contributed by atoms with E-state index >= 15 is 0 Å². The molecule has 3 aromatic carbocycles. The Morgan fingerprint density at radius 3 is 2.31 bits per heavy atom. The molecular weight excluding hydrogens is 499 g/mol. The van der Waals surface area contributed by atoms with Crippen LogP contribution in [0.5, 0.6) is 17.2 Å². The molecule has 0 spiro atoms. The van der Waals surface area contributed by atoms with Crippen molar-refractivity contribution in [3.05, 3.63) is 92.0 Å². The lowest BCUT2D eigenvalue weighted by Crippen LogP contribution is -2.24. The van der Waals surface area contributed by atoms with Crippen LogP contribution in [0, 0.1) is 25.2 Å². The number of nitrogens with one attached hydrogen (secondary N) is 1. The van der Waals surface area contributed by atoms with Gasteiger partial charge in [-0.3, -0.25) is 4.79 Å². The van der Waals surface area contributed by atoms with E-state index in [4.69, 9.17) is 37.4 Å². The minimum Gasteiger partial charge on any atom is -0.497 e. The van der Waals surface area contributed by atoms with Crippen molar-refractivity contribution >= 4 is 35.2 Å². The van der Waals surface area contributed by atoms with Crippen molar-refractivity contribution in [2.45, 2.75) is 27.0 Å². The van der Waals surface area contributed by atoms with Crippen LogP contribution < -0.4 is 19.5 Å². The molecular formula is C28H26Cl2N2O4. The Hall–Kier alpha value is -3.66. The van der Waals surface area contributed by atoms with Crippen molar-refractivity contribution < 1.29 is 19.0 Å². The molecule has 0 radical (unpaired) electrons. The summed E-state index contributed by atoms with van der Waals surface area (Å²) in [6.45, 7) is 4.30. The van der Waals surface area contributed by atoms with Gasteiger partial charge in [0.1, 0.15) is 35.5 Å². The molecule has 186 valence electrons.